The molecule has 1 heterocycles. The molecule has 5 heteroatoms. The Hall–Kier alpha value is -1.65. The summed E-state index contributed by atoms with van der Waals surface area (Å²) in [6.45, 7) is 2.48. The molecule has 0 fully saturated rings. The van der Waals surface area contributed by atoms with E-state index in [4.69, 9.17) is 5.11 Å². The lowest BCUT2D eigenvalue weighted by atomic mass is 10.2. The van der Waals surface area contributed by atoms with E-state index in [1.807, 2.05) is 6.92 Å². The van der Waals surface area contributed by atoms with E-state index >= 15 is 0 Å². The number of aryl methyl sites for hydroxylation is 2. The number of rotatable bonds is 6. The number of unbranched alkanes of at least 4 members (excludes halogenated alkanes) is 1. The average molecular weight is 210 g/mol. The molecule has 0 unspecified atom stereocenters. The van der Waals surface area contributed by atoms with Gasteiger partial charge in [-0.3, -0.25) is 14.3 Å². The zero-order chi connectivity index (χ0) is 11.3. The third-order valence-electron chi connectivity index (χ3n) is 2.12. The maximum Gasteiger partial charge on any atom is 0.303 e. The zero-order valence-electron chi connectivity index (χ0n) is 8.64. The molecule has 1 rings (SSSR count). The highest BCUT2D eigenvalue weighted by Gasteiger charge is 2.03. The molecule has 0 aliphatic carbocycles. The largest absolute Gasteiger partial charge is 0.481 e. The van der Waals surface area contributed by atoms with E-state index in [0.29, 0.717) is 18.7 Å². The van der Waals surface area contributed by atoms with Gasteiger partial charge in [-0.25, -0.2) is 0 Å². The number of hydrogen-bond donors (Lipinski definition) is 1. The Kier molecular flexibility index (Phi) is 4.03. The van der Waals surface area contributed by atoms with Crippen molar-refractivity contribution in [3.05, 3.63) is 17.5 Å². The molecular weight excluding hydrogens is 196 g/mol. The van der Waals surface area contributed by atoms with Crippen molar-refractivity contribution >= 4 is 12.3 Å². The first-order chi connectivity index (χ1) is 7.13. The Morgan fingerprint density at radius 2 is 2.33 bits per heavy atom. The van der Waals surface area contributed by atoms with Crippen LogP contribution >= 0.6 is 0 Å². The van der Waals surface area contributed by atoms with Gasteiger partial charge in [-0.15, -0.1) is 0 Å². The fraction of sp³-hybridized carbons (Fsp3) is 0.500. The van der Waals surface area contributed by atoms with Gasteiger partial charge in [-0.05, 0) is 25.3 Å². The van der Waals surface area contributed by atoms with E-state index < -0.39 is 5.97 Å². The number of nitrogens with zero attached hydrogens (tertiary/aromatic N) is 2. The van der Waals surface area contributed by atoms with Gasteiger partial charge in [0.2, 0.25) is 0 Å². The van der Waals surface area contributed by atoms with Crippen LogP contribution in [0.1, 0.15) is 35.3 Å². The number of carboxylic acids is 1. The van der Waals surface area contributed by atoms with E-state index in [2.05, 4.69) is 5.10 Å². The van der Waals surface area contributed by atoms with Crippen LogP contribution in [-0.2, 0) is 11.3 Å². The fourth-order valence-corrected chi connectivity index (χ4v) is 1.32. The number of carboxylic acid groups (broad SMARTS) is 1. The first-order valence-electron chi connectivity index (χ1n) is 4.84. The number of aliphatic carboxylic acids is 1. The molecule has 15 heavy (non-hydrogen) atoms. The molecule has 0 spiro atoms. The van der Waals surface area contributed by atoms with Crippen molar-refractivity contribution < 1.29 is 14.7 Å². The predicted molar refractivity (Wildman–Crippen MR) is 53.8 cm³/mol. The van der Waals surface area contributed by atoms with Crippen molar-refractivity contribution in [3.63, 3.8) is 0 Å². The fourth-order valence-electron chi connectivity index (χ4n) is 1.32. The Bertz CT molecular complexity index is 358. The SMILES string of the molecule is Cc1cn(CCCCC(=O)O)nc1C=O. The van der Waals surface area contributed by atoms with E-state index in [9.17, 15) is 9.59 Å². The lowest BCUT2D eigenvalue weighted by molar-refractivity contribution is -0.137. The molecular formula is C10H14N2O3. The van der Waals surface area contributed by atoms with Gasteiger partial charge in [-0.2, -0.15) is 5.10 Å². The number of hydrogen-bond acceptors (Lipinski definition) is 3. The average Bonchev–Trinajstić information content (AvgIpc) is 2.53. The standard InChI is InChI=1S/C10H14N2O3/c1-8-6-12(11-9(8)7-13)5-3-2-4-10(14)15/h6-7H,2-5H2,1H3,(H,14,15). The Morgan fingerprint density at radius 1 is 1.60 bits per heavy atom. The quantitative estimate of drug-likeness (QED) is 0.566. The van der Waals surface area contributed by atoms with E-state index in [1.165, 1.54) is 0 Å². The zero-order valence-corrected chi connectivity index (χ0v) is 8.64. The lowest BCUT2D eigenvalue weighted by Gasteiger charge is -1.99. The van der Waals surface area contributed by atoms with Gasteiger partial charge in [0, 0.05) is 19.2 Å². The number of aromatic nitrogens is 2. The van der Waals surface area contributed by atoms with Gasteiger partial charge in [0.25, 0.3) is 0 Å². The predicted octanol–water partition coefficient (Wildman–Crippen LogP) is 1.26. The van der Waals surface area contributed by atoms with Crippen LogP contribution in [0, 0.1) is 6.92 Å². The summed E-state index contributed by atoms with van der Waals surface area (Å²) in [5, 5.41) is 12.5. The monoisotopic (exact) mass is 210 g/mol. The van der Waals surface area contributed by atoms with Crippen LogP contribution < -0.4 is 0 Å². The lowest BCUT2D eigenvalue weighted by Crippen LogP contribution is -2.01. The summed E-state index contributed by atoms with van der Waals surface area (Å²) in [6.07, 6.45) is 4.09. The Morgan fingerprint density at radius 3 is 2.87 bits per heavy atom. The molecule has 0 bridgehead atoms. The maximum atomic E-state index is 10.5. The van der Waals surface area contributed by atoms with Crippen LogP contribution in [0.4, 0.5) is 0 Å². The molecule has 0 saturated heterocycles. The van der Waals surface area contributed by atoms with Crippen molar-refractivity contribution in [2.75, 3.05) is 0 Å². The minimum Gasteiger partial charge on any atom is -0.481 e. The van der Waals surface area contributed by atoms with Gasteiger partial charge in [0.15, 0.2) is 6.29 Å². The van der Waals surface area contributed by atoms with Gasteiger partial charge in [0.1, 0.15) is 5.69 Å². The number of carbonyl (C=O) groups is 2. The van der Waals surface area contributed by atoms with Gasteiger partial charge >= 0.3 is 5.97 Å². The summed E-state index contributed by atoms with van der Waals surface area (Å²) in [5.41, 5.74) is 1.30. The molecule has 0 aliphatic heterocycles. The smallest absolute Gasteiger partial charge is 0.303 e. The molecule has 1 aromatic rings. The second kappa shape index (κ2) is 5.29. The molecule has 5 nitrogen and oxygen atoms in total. The molecule has 0 atom stereocenters. The van der Waals surface area contributed by atoms with E-state index in [-0.39, 0.29) is 6.42 Å². The van der Waals surface area contributed by atoms with Crippen molar-refractivity contribution in [1.82, 2.24) is 9.78 Å². The summed E-state index contributed by atoms with van der Waals surface area (Å²) in [4.78, 5) is 20.8. The van der Waals surface area contributed by atoms with Crippen LogP contribution in [0.5, 0.6) is 0 Å². The highest BCUT2D eigenvalue weighted by Crippen LogP contribution is 2.04. The summed E-state index contributed by atoms with van der Waals surface area (Å²) in [6, 6.07) is 0. The Labute approximate surface area is 87.7 Å². The van der Waals surface area contributed by atoms with Gasteiger partial charge in [-0.1, -0.05) is 0 Å². The summed E-state index contributed by atoms with van der Waals surface area (Å²) < 4.78 is 1.68. The van der Waals surface area contributed by atoms with Gasteiger partial charge in [0.05, 0.1) is 0 Å². The van der Waals surface area contributed by atoms with Crippen LogP contribution in [-0.4, -0.2) is 27.1 Å². The van der Waals surface area contributed by atoms with Crippen molar-refractivity contribution in [1.29, 1.82) is 0 Å². The molecule has 0 radical (unpaired) electrons. The number of carbonyl (C=O) groups excluding carboxylic acids is 1. The molecule has 1 aromatic heterocycles. The van der Waals surface area contributed by atoms with Crippen LogP contribution in [0.25, 0.3) is 0 Å². The second-order valence-corrected chi connectivity index (χ2v) is 3.43. The summed E-state index contributed by atoms with van der Waals surface area (Å²) in [5.74, 6) is -0.778. The maximum absolute atomic E-state index is 10.5. The first kappa shape index (κ1) is 11.4. The van der Waals surface area contributed by atoms with Crippen LogP contribution in [0.2, 0.25) is 0 Å². The van der Waals surface area contributed by atoms with E-state index in [0.717, 1.165) is 18.3 Å². The highest BCUT2D eigenvalue weighted by atomic mass is 16.4. The molecule has 0 aromatic carbocycles. The minimum atomic E-state index is -0.778. The van der Waals surface area contributed by atoms with Gasteiger partial charge < -0.3 is 5.11 Å². The molecule has 0 aliphatic rings. The molecule has 82 valence electrons. The molecule has 0 saturated carbocycles. The topological polar surface area (TPSA) is 72.2 Å². The summed E-state index contributed by atoms with van der Waals surface area (Å²) >= 11 is 0. The molecule has 0 amide bonds. The third-order valence-corrected chi connectivity index (χ3v) is 2.12. The van der Waals surface area contributed by atoms with Crippen molar-refractivity contribution in [2.24, 2.45) is 0 Å². The summed E-state index contributed by atoms with van der Waals surface area (Å²) in [7, 11) is 0. The van der Waals surface area contributed by atoms with Crippen LogP contribution in [0.3, 0.4) is 0 Å². The normalized spacial score (nSPS) is 10.2. The minimum absolute atomic E-state index is 0.181. The first-order valence-corrected chi connectivity index (χ1v) is 4.84. The highest BCUT2D eigenvalue weighted by molar-refractivity contribution is 5.73. The van der Waals surface area contributed by atoms with Crippen molar-refractivity contribution in [2.45, 2.75) is 32.7 Å². The van der Waals surface area contributed by atoms with E-state index in [1.54, 1.807) is 10.9 Å². The third kappa shape index (κ3) is 3.53. The second-order valence-electron chi connectivity index (χ2n) is 3.43. The number of aldehydes is 1. The molecule has 1 N–H and O–H groups in total. The van der Waals surface area contributed by atoms with Crippen molar-refractivity contribution in [3.8, 4) is 0 Å². The Balaban J connectivity index is 2.37. The van der Waals surface area contributed by atoms with Crippen LogP contribution in [0.15, 0.2) is 6.20 Å².